The number of hydrogen-bond acceptors (Lipinski definition) is 3. The summed E-state index contributed by atoms with van der Waals surface area (Å²) in [6.07, 6.45) is -4.57. The summed E-state index contributed by atoms with van der Waals surface area (Å²) in [7, 11) is 1.78. The average Bonchev–Trinajstić information content (AvgIpc) is 2.78. The number of halogens is 3. The molecule has 1 aromatic heterocycles. The molecule has 19 heavy (non-hydrogen) atoms. The highest BCUT2D eigenvalue weighted by atomic mass is 19.4. The lowest BCUT2D eigenvalue weighted by atomic mass is 9.96. The van der Waals surface area contributed by atoms with Crippen molar-refractivity contribution in [1.29, 1.82) is 0 Å². The summed E-state index contributed by atoms with van der Waals surface area (Å²) in [5.74, 6) is -0.887. The second-order valence-corrected chi connectivity index (χ2v) is 3.83. The van der Waals surface area contributed by atoms with Gasteiger partial charge >= 0.3 is 19.6 Å². The Bertz CT molecular complexity index is 636. The molecule has 0 unspecified atom stereocenters. The van der Waals surface area contributed by atoms with Crippen LogP contribution in [0, 0.1) is 0 Å². The van der Waals surface area contributed by atoms with Crippen LogP contribution in [0.4, 0.5) is 13.2 Å². The van der Waals surface area contributed by atoms with Crippen LogP contribution in [-0.2, 0) is 10.9 Å². The van der Waals surface area contributed by atoms with Crippen LogP contribution in [0.15, 0.2) is 18.2 Å². The van der Waals surface area contributed by atoms with E-state index in [9.17, 15) is 18.0 Å². The van der Waals surface area contributed by atoms with E-state index in [4.69, 9.17) is 5.02 Å². The highest BCUT2D eigenvalue weighted by Gasteiger charge is 2.32. The number of hydrogen-bond donors (Lipinski definition) is 2. The standard InChI is InChI=1S/C11H8BF3NO3/c1-19-10(17)7-4-6(11(13,14)15)2-5-3-8(12-18)16-9(5)7/h2-4,16,18H,1H3. The van der Waals surface area contributed by atoms with Crippen molar-refractivity contribution in [1.82, 2.24) is 4.98 Å². The van der Waals surface area contributed by atoms with E-state index < -0.39 is 17.7 Å². The van der Waals surface area contributed by atoms with Crippen molar-refractivity contribution < 1.29 is 27.7 Å². The van der Waals surface area contributed by atoms with Gasteiger partial charge in [-0.15, -0.1) is 0 Å². The van der Waals surface area contributed by atoms with Crippen molar-refractivity contribution in [3.05, 3.63) is 29.3 Å². The van der Waals surface area contributed by atoms with Crippen molar-refractivity contribution in [2.24, 2.45) is 0 Å². The fraction of sp³-hybridized carbons (Fsp3) is 0.182. The van der Waals surface area contributed by atoms with Crippen LogP contribution in [0.2, 0.25) is 0 Å². The van der Waals surface area contributed by atoms with Gasteiger partial charge in [0.25, 0.3) is 0 Å². The van der Waals surface area contributed by atoms with Crippen LogP contribution in [0.25, 0.3) is 10.9 Å². The maximum Gasteiger partial charge on any atom is 0.416 e. The van der Waals surface area contributed by atoms with Gasteiger partial charge in [-0.3, -0.25) is 0 Å². The number of alkyl halides is 3. The third-order valence-corrected chi connectivity index (χ3v) is 2.62. The third-order valence-electron chi connectivity index (χ3n) is 2.62. The van der Waals surface area contributed by atoms with Crippen LogP contribution in [0.1, 0.15) is 15.9 Å². The molecule has 0 saturated carbocycles. The number of esters is 1. The summed E-state index contributed by atoms with van der Waals surface area (Å²) < 4.78 is 42.7. The van der Waals surface area contributed by atoms with Gasteiger partial charge in [-0.2, -0.15) is 13.2 Å². The third kappa shape index (κ3) is 2.44. The lowest BCUT2D eigenvalue weighted by Gasteiger charge is -2.09. The quantitative estimate of drug-likeness (QED) is 0.637. The van der Waals surface area contributed by atoms with Gasteiger partial charge in [-0.25, -0.2) is 4.79 Å². The Morgan fingerprint density at radius 2 is 2.05 bits per heavy atom. The Kier molecular flexibility index (Phi) is 3.28. The summed E-state index contributed by atoms with van der Waals surface area (Å²) in [6.45, 7) is 0. The molecule has 0 atom stereocenters. The summed E-state index contributed by atoms with van der Waals surface area (Å²) in [4.78, 5) is 14.2. The molecule has 0 aliphatic heterocycles. The Morgan fingerprint density at radius 1 is 1.37 bits per heavy atom. The largest absolute Gasteiger partial charge is 0.465 e. The number of H-pyrrole nitrogens is 1. The summed E-state index contributed by atoms with van der Waals surface area (Å²) >= 11 is 0. The van der Waals surface area contributed by atoms with E-state index in [-0.39, 0.29) is 22.1 Å². The molecule has 8 heteroatoms. The topological polar surface area (TPSA) is 62.3 Å². The van der Waals surface area contributed by atoms with Crippen LogP contribution in [0.3, 0.4) is 0 Å². The van der Waals surface area contributed by atoms with E-state index in [0.29, 0.717) is 13.5 Å². The van der Waals surface area contributed by atoms with Gasteiger partial charge in [0.1, 0.15) is 0 Å². The first kappa shape index (κ1) is 13.5. The first-order valence-corrected chi connectivity index (χ1v) is 5.16. The Hall–Kier alpha value is -1.96. The molecule has 2 N–H and O–H groups in total. The van der Waals surface area contributed by atoms with Crippen molar-refractivity contribution in [2.75, 3.05) is 7.11 Å². The van der Waals surface area contributed by atoms with Gasteiger partial charge < -0.3 is 14.7 Å². The summed E-state index contributed by atoms with van der Waals surface area (Å²) in [5.41, 5.74) is -0.816. The molecule has 0 aliphatic carbocycles. The van der Waals surface area contributed by atoms with E-state index in [1.54, 1.807) is 0 Å². The number of benzene rings is 1. The fourth-order valence-electron chi connectivity index (χ4n) is 1.77. The van der Waals surface area contributed by atoms with E-state index in [0.717, 1.165) is 13.2 Å². The van der Waals surface area contributed by atoms with Crippen molar-refractivity contribution in [3.63, 3.8) is 0 Å². The molecule has 0 spiro atoms. The molecule has 2 rings (SSSR count). The molecule has 1 aromatic carbocycles. The summed E-state index contributed by atoms with van der Waals surface area (Å²) in [6, 6.07) is 2.91. The number of nitrogens with one attached hydrogen (secondary N) is 1. The number of carbonyl (C=O) groups is 1. The van der Waals surface area contributed by atoms with Crippen molar-refractivity contribution in [3.8, 4) is 0 Å². The van der Waals surface area contributed by atoms with Crippen LogP contribution in [0.5, 0.6) is 0 Å². The lowest BCUT2D eigenvalue weighted by molar-refractivity contribution is -0.137. The zero-order valence-electron chi connectivity index (χ0n) is 9.71. The van der Waals surface area contributed by atoms with Crippen LogP contribution >= 0.6 is 0 Å². The van der Waals surface area contributed by atoms with Gasteiger partial charge in [-0.1, -0.05) is 0 Å². The minimum Gasteiger partial charge on any atom is -0.465 e. The zero-order chi connectivity index (χ0) is 14.2. The van der Waals surface area contributed by atoms with Gasteiger partial charge in [0.05, 0.1) is 23.8 Å². The minimum atomic E-state index is -4.57. The molecule has 0 amide bonds. The molecule has 0 aliphatic rings. The maximum absolute atomic E-state index is 12.7. The first-order valence-electron chi connectivity index (χ1n) is 5.16. The lowest BCUT2D eigenvalue weighted by Crippen LogP contribution is -2.13. The molecule has 0 saturated heterocycles. The van der Waals surface area contributed by atoms with Gasteiger partial charge in [0.15, 0.2) is 0 Å². The number of methoxy groups -OCH3 is 1. The predicted molar refractivity (Wildman–Crippen MR) is 62.2 cm³/mol. The Labute approximate surface area is 106 Å². The van der Waals surface area contributed by atoms with E-state index in [2.05, 4.69) is 9.72 Å². The number of carbonyl (C=O) groups excluding carboxylic acids is 1. The highest BCUT2D eigenvalue weighted by molar-refractivity contribution is 6.45. The molecule has 4 nitrogen and oxygen atoms in total. The Morgan fingerprint density at radius 3 is 2.58 bits per heavy atom. The minimum absolute atomic E-state index is 0.163. The Balaban J connectivity index is 2.74. The maximum atomic E-state index is 12.7. The zero-order valence-corrected chi connectivity index (χ0v) is 9.71. The SMILES string of the molecule is COC(=O)c1cc(C(F)(F)F)cc2cc([B]O)[nH]c12. The molecule has 1 radical (unpaired) electrons. The molecule has 2 aromatic rings. The number of rotatable bonds is 2. The number of fused-ring (bicyclic) bond motifs is 1. The fourth-order valence-corrected chi connectivity index (χ4v) is 1.77. The van der Waals surface area contributed by atoms with Gasteiger partial charge in [-0.05, 0) is 18.2 Å². The molecule has 0 bridgehead atoms. The number of aromatic nitrogens is 1. The first-order chi connectivity index (χ1) is 8.86. The molecule has 0 fully saturated rings. The smallest absolute Gasteiger partial charge is 0.416 e. The van der Waals surface area contributed by atoms with Gasteiger partial charge in [0.2, 0.25) is 0 Å². The predicted octanol–water partition coefficient (Wildman–Crippen LogP) is 1.21. The van der Waals surface area contributed by atoms with E-state index in [1.165, 1.54) is 6.07 Å². The molecular weight excluding hydrogens is 262 g/mol. The molecule has 1 heterocycles. The number of ether oxygens (including phenoxy) is 1. The highest BCUT2D eigenvalue weighted by Crippen LogP contribution is 2.33. The average molecular weight is 270 g/mol. The van der Waals surface area contributed by atoms with E-state index in [1.807, 2.05) is 0 Å². The molecular formula is C11H8BF3NO3. The van der Waals surface area contributed by atoms with Crippen LogP contribution < -0.4 is 5.59 Å². The molecule has 99 valence electrons. The monoisotopic (exact) mass is 270 g/mol. The van der Waals surface area contributed by atoms with Gasteiger partial charge in [0, 0.05) is 11.0 Å². The van der Waals surface area contributed by atoms with Crippen molar-refractivity contribution >= 4 is 29.9 Å². The van der Waals surface area contributed by atoms with E-state index >= 15 is 0 Å². The summed E-state index contributed by atoms with van der Waals surface area (Å²) in [5, 5.41) is 9.02. The number of aromatic amines is 1. The second kappa shape index (κ2) is 4.62. The van der Waals surface area contributed by atoms with Crippen molar-refractivity contribution in [2.45, 2.75) is 6.18 Å². The second-order valence-electron chi connectivity index (χ2n) is 3.83. The van der Waals surface area contributed by atoms with Crippen LogP contribution in [-0.4, -0.2) is 30.6 Å². The normalized spacial score (nSPS) is 11.6.